The molecule has 0 spiro atoms. The highest BCUT2D eigenvalue weighted by atomic mass is 16.4. The third-order valence-corrected chi connectivity index (χ3v) is 4.80. The SMILES string of the molecule is CC1CC(C(=O)O)CCN1C(C)C(=O)N1CCCCC1. The molecule has 2 aliphatic rings. The quantitative estimate of drug-likeness (QED) is 0.853. The minimum absolute atomic E-state index is 0.127. The Kier molecular flexibility index (Phi) is 5.02. The summed E-state index contributed by atoms with van der Waals surface area (Å²) in [6.07, 6.45) is 4.73. The van der Waals surface area contributed by atoms with Gasteiger partial charge in [-0.25, -0.2) is 0 Å². The van der Waals surface area contributed by atoms with Crippen LogP contribution >= 0.6 is 0 Å². The van der Waals surface area contributed by atoms with E-state index in [-0.39, 0.29) is 23.9 Å². The van der Waals surface area contributed by atoms with Crippen LogP contribution in [0.2, 0.25) is 0 Å². The van der Waals surface area contributed by atoms with Crippen LogP contribution in [0.3, 0.4) is 0 Å². The summed E-state index contributed by atoms with van der Waals surface area (Å²) < 4.78 is 0. The van der Waals surface area contributed by atoms with Crippen molar-refractivity contribution in [3.05, 3.63) is 0 Å². The number of hydrogen-bond donors (Lipinski definition) is 1. The first-order valence-corrected chi connectivity index (χ1v) is 7.78. The average molecular weight is 282 g/mol. The molecule has 2 rings (SSSR count). The Morgan fingerprint density at radius 2 is 1.80 bits per heavy atom. The second-order valence-corrected chi connectivity index (χ2v) is 6.21. The molecule has 0 aliphatic carbocycles. The molecule has 1 N–H and O–H groups in total. The largest absolute Gasteiger partial charge is 0.481 e. The molecule has 0 radical (unpaired) electrons. The standard InChI is InChI=1S/C15H26N2O3/c1-11-10-13(15(19)20)6-9-17(11)12(2)14(18)16-7-4-3-5-8-16/h11-13H,3-10H2,1-2H3,(H,19,20). The fraction of sp³-hybridized carbons (Fsp3) is 0.867. The zero-order valence-corrected chi connectivity index (χ0v) is 12.5. The first-order chi connectivity index (χ1) is 9.50. The van der Waals surface area contributed by atoms with Gasteiger partial charge in [0.2, 0.25) is 5.91 Å². The van der Waals surface area contributed by atoms with Crippen molar-refractivity contribution in [2.24, 2.45) is 5.92 Å². The van der Waals surface area contributed by atoms with Gasteiger partial charge in [0.1, 0.15) is 0 Å². The molecule has 5 heteroatoms. The third-order valence-electron chi connectivity index (χ3n) is 4.80. The molecule has 2 aliphatic heterocycles. The first-order valence-electron chi connectivity index (χ1n) is 7.78. The maximum atomic E-state index is 12.5. The van der Waals surface area contributed by atoms with Crippen molar-refractivity contribution in [1.82, 2.24) is 9.80 Å². The van der Waals surface area contributed by atoms with Gasteiger partial charge in [0, 0.05) is 25.7 Å². The highest BCUT2D eigenvalue weighted by Crippen LogP contribution is 2.25. The van der Waals surface area contributed by atoms with Gasteiger partial charge in [0.05, 0.1) is 12.0 Å². The van der Waals surface area contributed by atoms with Gasteiger partial charge < -0.3 is 10.0 Å². The van der Waals surface area contributed by atoms with Crippen LogP contribution in [0, 0.1) is 5.92 Å². The number of hydrogen-bond acceptors (Lipinski definition) is 3. The maximum Gasteiger partial charge on any atom is 0.306 e. The second-order valence-electron chi connectivity index (χ2n) is 6.21. The fourth-order valence-electron chi connectivity index (χ4n) is 3.51. The summed E-state index contributed by atoms with van der Waals surface area (Å²) in [6, 6.07) is 0.0337. The Bertz CT molecular complexity index is 366. The van der Waals surface area contributed by atoms with Crippen molar-refractivity contribution in [2.45, 2.75) is 58.0 Å². The average Bonchev–Trinajstić information content (AvgIpc) is 2.46. The molecule has 0 aromatic rings. The molecule has 2 heterocycles. The van der Waals surface area contributed by atoms with Gasteiger partial charge >= 0.3 is 5.97 Å². The van der Waals surface area contributed by atoms with Crippen LogP contribution in [0.1, 0.15) is 46.0 Å². The smallest absolute Gasteiger partial charge is 0.306 e. The van der Waals surface area contributed by atoms with Crippen LogP contribution in [0.4, 0.5) is 0 Å². The predicted octanol–water partition coefficient (Wildman–Crippen LogP) is 1.57. The number of carboxylic acids is 1. The molecule has 5 nitrogen and oxygen atoms in total. The van der Waals surface area contributed by atoms with Crippen LogP contribution < -0.4 is 0 Å². The van der Waals surface area contributed by atoms with E-state index >= 15 is 0 Å². The number of likely N-dealkylation sites (tertiary alicyclic amines) is 2. The molecule has 2 saturated heterocycles. The van der Waals surface area contributed by atoms with Crippen LogP contribution in [-0.2, 0) is 9.59 Å². The number of amides is 1. The molecule has 0 bridgehead atoms. The lowest BCUT2D eigenvalue weighted by atomic mass is 9.90. The summed E-state index contributed by atoms with van der Waals surface area (Å²) in [5, 5.41) is 9.10. The molecular formula is C15H26N2O3. The third kappa shape index (κ3) is 3.32. The van der Waals surface area contributed by atoms with Gasteiger partial charge in [-0.15, -0.1) is 0 Å². The van der Waals surface area contributed by atoms with E-state index < -0.39 is 5.97 Å². The van der Waals surface area contributed by atoms with Gasteiger partial charge in [-0.3, -0.25) is 14.5 Å². The minimum atomic E-state index is -0.702. The van der Waals surface area contributed by atoms with E-state index in [9.17, 15) is 9.59 Å². The second kappa shape index (κ2) is 6.57. The maximum absolute atomic E-state index is 12.5. The van der Waals surface area contributed by atoms with Crippen molar-refractivity contribution < 1.29 is 14.7 Å². The minimum Gasteiger partial charge on any atom is -0.481 e. The van der Waals surface area contributed by atoms with Crippen LogP contribution in [-0.4, -0.2) is 58.5 Å². The van der Waals surface area contributed by atoms with Gasteiger partial charge in [-0.05, 0) is 46.0 Å². The molecule has 0 aromatic heterocycles. The van der Waals surface area contributed by atoms with E-state index in [0.29, 0.717) is 19.4 Å². The summed E-state index contributed by atoms with van der Waals surface area (Å²) in [5.74, 6) is -0.740. The van der Waals surface area contributed by atoms with E-state index in [4.69, 9.17) is 5.11 Å². The summed E-state index contributed by atoms with van der Waals surface area (Å²) in [4.78, 5) is 27.7. The molecule has 3 atom stereocenters. The van der Waals surface area contributed by atoms with Gasteiger partial charge in [-0.1, -0.05) is 0 Å². The van der Waals surface area contributed by atoms with Crippen molar-refractivity contribution in [2.75, 3.05) is 19.6 Å². The predicted molar refractivity (Wildman–Crippen MR) is 76.4 cm³/mol. The van der Waals surface area contributed by atoms with E-state index in [2.05, 4.69) is 4.90 Å². The van der Waals surface area contributed by atoms with E-state index in [1.807, 2.05) is 18.7 Å². The van der Waals surface area contributed by atoms with Crippen LogP contribution in [0.5, 0.6) is 0 Å². The molecule has 114 valence electrons. The first kappa shape index (κ1) is 15.3. The van der Waals surface area contributed by atoms with Gasteiger partial charge in [0.15, 0.2) is 0 Å². The number of nitrogens with zero attached hydrogens (tertiary/aromatic N) is 2. The fourth-order valence-corrected chi connectivity index (χ4v) is 3.51. The van der Waals surface area contributed by atoms with Crippen molar-refractivity contribution in [1.29, 1.82) is 0 Å². The lowest BCUT2D eigenvalue weighted by Gasteiger charge is -2.41. The number of carbonyl (C=O) groups excluding carboxylic acids is 1. The van der Waals surface area contributed by atoms with E-state index in [1.165, 1.54) is 6.42 Å². The number of carboxylic acid groups (broad SMARTS) is 1. The molecule has 3 unspecified atom stereocenters. The highest BCUT2D eigenvalue weighted by Gasteiger charge is 2.35. The lowest BCUT2D eigenvalue weighted by Crippen LogP contribution is -2.54. The zero-order valence-electron chi connectivity index (χ0n) is 12.5. The lowest BCUT2D eigenvalue weighted by molar-refractivity contribution is -0.145. The Balaban J connectivity index is 1.93. The monoisotopic (exact) mass is 282 g/mol. The topological polar surface area (TPSA) is 60.9 Å². The summed E-state index contributed by atoms with van der Waals surface area (Å²) in [5.41, 5.74) is 0. The van der Waals surface area contributed by atoms with Crippen LogP contribution in [0.15, 0.2) is 0 Å². The number of piperidine rings is 2. The number of aliphatic carboxylic acids is 1. The molecule has 1 amide bonds. The molecular weight excluding hydrogens is 256 g/mol. The molecule has 0 aromatic carbocycles. The zero-order chi connectivity index (χ0) is 14.7. The summed E-state index contributed by atoms with van der Waals surface area (Å²) >= 11 is 0. The van der Waals surface area contributed by atoms with E-state index in [0.717, 1.165) is 25.9 Å². The summed E-state index contributed by atoms with van der Waals surface area (Å²) in [6.45, 7) is 6.47. The Hall–Kier alpha value is -1.10. The normalized spacial score (nSPS) is 30.0. The Morgan fingerprint density at radius 3 is 2.35 bits per heavy atom. The Morgan fingerprint density at radius 1 is 1.15 bits per heavy atom. The van der Waals surface area contributed by atoms with Crippen molar-refractivity contribution in [3.63, 3.8) is 0 Å². The number of rotatable bonds is 3. The number of carbonyl (C=O) groups is 2. The van der Waals surface area contributed by atoms with Gasteiger partial charge in [-0.2, -0.15) is 0 Å². The molecule has 20 heavy (non-hydrogen) atoms. The highest BCUT2D eigenvalue weighted by molar-refractivity contribution is 5.81. The van der Waals surface area contributed by atoms with Gasteiger partial charge in [0.25, 0.3) is 0 Å². The Labute approximate surface area is 120 Å². The van der Waals surface area contributed by atoms with E-state index in [1.54, 1.807) is 0 Å². The molecule has 2 fully saturated rings. The van der Waals surface area contributed by atoms with Crippen molar-refractivity contribution in [3.8, 4) is 0 Å². The van der Waals surface area contributed by atoms with Crippen LogP contribution in [0.25, 0.3) is 0 Å². The summed E-state index contributed by atoms with van der Waals surface area (Å²) in [7, 11) is 0. The van der Waals surface area contributed by atoms with Crippen molar-refractivity contribution >= 4 is 11.9 Å². The molecule has 0 saturated carbocycles.